The Balaban J connectivity index is 2.14. The number of methoxy groups -OCH3 is 1. The largest absolute Gasteiger partial charge is 0.497 e. The lowest BCUT2D eigenvalue weighted by molar-refractivity contribution is 0.415. The van der Waals surface area contributed by atoms with Crippen molar-refractivity contribution in [3.8, 4) is 5.75 Å². The Bertz CT molecular complexity index is 578. The third-order valence-corrected chi connectivity index (χ3v) is 4.53. The number of benzene rings is 1. The zero-order chi connectivity index (χ0) is 15.4. The van der Waals surface area contributed by atoms with Crippen molar-refractivity contribution in [2.45, 2.75) is 33.4 Å². The number of aryl methyl sites for hydroxylation is 1. The summed E-state index contributed by atoms with van der Waals surface area (Å²) in [5.41, 5.74) is 2.21. The SMILES string of the molecule is COc1ccc(N(C)c2nc(C)c(CNC(C)C)s2)cc1. The highest BCUT2D eigenvalue weighted by molar-refractivity contribution is 7.15. The summed E-state index contributed by atoms with van der Waals surface area (Å²) in [6.45, 7) is 7.25. The lowest BCUT2D eigenvalue weighted by atomic mass is 10.3. The number of ether oxygens (including phenoxy) is 1. The van der Waals surface area contributed by atoms with E-state index < -0.39 is 0 Å². The van der Waals surface area contributed by atoms with E-state index in [0.717, 1.165) is 28.8 Å². The first-order valence-corrected chi connectivity index (χ1v) is 7.90. The molecule has 2 rings (SSSR count). The summed E-state index contributed by atoms with van der Waals surface area (Å²) in [6.07, 6.45) is 0. The highest BCUT2D eigenvalue weighted by atomic mass is 32.1. The standard InChI is InChI=1S/C16H23N3OS/c1-11(2)17-10-15-12(3)18-16(21-15)19(4)13-6-8-14(20-5)9-7-13/h6-9,11,17H,10H2,1-5H3. The van der Waals surface area contributed by atoms with E-state index in [9.17, 15) is 0 Å². The van der Waals surface area contributed by atoms with Crippen molar-refractivity contribution < 1.29 is 4.74 Å². The van der Waals surface area contributed by atoms with Gasteiger partial charge >= 0.3 is 0 Å². The second kappa shape index (κ2) is 6.91. The fourth-order valence-electron chi connectivity index (χ4n) is 1.93. The topological polar surface area (TPSA) is 37.4 Å². The minimum Gasteiger partial charge on any atom is -0.497 e. The van der Waals surface area contributed by atoms with Crippen LogP contribution in [0.15, 0.2) is 24.3 Å². The molecular formula is C16H23N3OS. The maximum Gasteiger partial charge on any atom is 0.190 e. The van der Waals surface area contributed by atoms with Crippen molar-refractivity contribution in [2.24, 2.45) is 0 Å². The number of aromatic nitrogens is 1. The van der Waals surface area contributed by atoms with Gasteiger partial charge in [-0.2, -0.15) is 0 Å². The molecule has 0 bridgehead atoms. The van der Waals surface area contributed by atoms with Gasteiger partial charge in [0.15, 0.2) is 5.13 Å². The van der Waals surface area contributed by atoms with Crippen LogP contribution in [0.1, 0.15) is 24.4 Å². The molecule has 5 heteroatoms. The molecule has 21 heavy (non-hydrogen) atoms. The number of rotatable bonds is 6. The molecule has 0 atom stereocenters. The number of anilines is 2. The zero-order valence-corrected chi connectivity index (χ0v) is 14.1. The monoisotopic (exact) mass is 305 g/mol. The minimum atomic E-state index is 0.481. The van der Waals surface area contributed by atoms with Crippen LogP contribution in [0.25, 0.3) is 0 Å². The molecule has 2 aromatic rings. The van der Waals surface area contributed by atoms with Crippen LogP contribution in [0, 0.1) is 6.92 Å². The maximum atomic E-state index is 5.19. The van der Waals surface area contributed by atoms with Crippen molar-refractivity contribution in [2.75, 3.05) is 19.1 Å². The van der Waals surface area contributed by atoms with Crippen molar-refractivity contribution in [1.82, 2.24) is 10.3 Å². The van der Waals surface area contributed by atoms with Gasteiger partial charge in [0.05, 0.1) is 12.8 Å². The lowest BCUT2D eigenvalue weighted by Gasteiger charge is -2.16. The molecule has 4 nitrogen and oxygen atoms in total. The van der Waals surface area contributed by atoms with Crippen molar-refractivity contribution in [3.63, 3.8) is 0 Å². The van der Waals surface area contributed by atoms with E-state index in [0.29, 0.717) is 6.04 Å². The molecule has 1 aromatic carbocycles. The van der Waals surface area contributed by atoms with Gasteiger partial charge in [-0.3, -0.25) is 0 Å². The second-order valence-corrected chi connectivity index (χ2v) is 6.36. The van der Waals surface area contributed by atoms with Crippen molar-refractivity contribution in [3.05, 3.63) is 34.8 Å². The summed E-state index contributed by atoms with van der Waals surface area (Å²) in [5, 5.41) is 4.46. The van der Waals surface area contributed by atoms with Crippen molar-refractivity contribution in [1.29, 1.82) is 0 Å². The molecule has 1 aromatic heterocycles. The maximum absolute atomic E-state index is 5.19. The number of hydrogen-bond donors (Lipinski definition) is 1. The number of thiazole rings is 1. The van der Waals surface area contributed by atoms with Gasteiger partial charge < -0.3 is 15.0 Å². The van der Waals surface area contributed by atoms with Crippen LogP contribution in [0.5, 0.6) is 5.75 Å². The molecule has 0 fully saturated rings. The average molecular weight is 305 g/mol. The Morgan fingerprint density at radius 1 is 1.29 bits per heavy atom. The zero-order valence-electron chi connectivity index (χ0n) is 13.3. The van der Waals surface area contributed by atoms with Gasteiger partial charge in [-0.05, 0) is 31.2 Å². The molecule has 0 aliphatic rings. The van der Waals surface area contributed by atoms with Gasteiger partial charge in [-0.25, -0.2) is 4.98 Å². The first-order chi connectivity index (χ1) is 10.0. The smallest absolute Gasteiger partial charge is 0.190 e. The molecule has 0 unspecified atom stereocenters. The second-order valence-electron chi connectivity index (χ2n) is 5.30. The fourth-order valence-corrected chi connectivity index (χ4v) is 2.93. The summed E-state index contributed by atoms with van der Waals surface area (Å²) in [4.78, 5) is 8.08. The summed E-state index contributed by atoms with van der Waals surface area (Å²) in [6, 6.07) is 8.50. The third-order valence-electron chi connectivity index (χ3n) is 3.30. The van der Waals surface area contributed by atoms with Gasteiger partial charge in [-0.15, -0.1) is 0 Å². The molecule has 0 saturated carbocycles. The van der Waals surface area contributed by atoms with Gasteiger partial charge in [-0.1, -0.05) is 25.2 Å². The summed E-state index contributed by atoms with van der Waals surface area (Å²) >= 11 is 1.74. The van der Waals surface area contributed by atoms with Gasteiger partial charge in [0, 0.05) is 30.2 Å². The molecule has 0 radical (unpaired) electrons. The third kappa shape index (κ3) is 3.95. The van der Waals surface area contributed by atoms with E-state index in [1.54, 1.807) is 18.4 Å². The molecule has 1 N–H and O–H groups in total. The van der Waals surface area contributed by atoms with Gasteiger partial charge in [0.25, 0.3) is 0 Å². The molecule has 0 spiro atoms. The minimum absolute atomic E-state index is 0.481. The Morgan fingerprint density at radius 3 is 2.52 bits per heavy atom. The van der Waals surface area contributed by atoms with Crippen LogP contribution in [0.3, 0.4) is 0 Å². The van der Waals surface area contributed by atoms with E-state index in [-0.39, 0.29) is 0 Å². The molecular weight excluding hydrogens is 282 g/mol. The van der Waals surface area contributed by atoms with Crippen LogP contribution in [-0.2, 0) is 6.54 Å². The Hall–Kier alpha value is -1.59. The highest BCUT2D eigenvalue weighted by Crippen LogP contribution is 2.31. The molecule has 1 heterocycles. The quantitative estimate of drug-likeness (QED) is 0.882. The van der Waals surface area contributed by atoms with E-state index in [1.807, 2.05) is 31.3 Å². The van der Waals surface area contributed by atoms with E-state index in [4.69, 9.17) is 4.74 Å². The lowest BCUT2D eigenvalue weighted by Crippen LogP contribution is -2.21. The van der Waals surface area contributed by atoms with Crippen LogP contribution >= 0.6 is 11.3 Å². The van der Waals surface area contributed by atoms with E-state index in [1.165, 1.54) is 4.88 Å². The molecule has 0 aliphatic heterocycles. The summed E-state index contributed by atoms with van der Waals surface area (Å²) in [7, 11) is 3.72. The Labute approximate surface area is 130 Å². The van der Waals surface area contributed by atoms with Gasteiger partial charge in [0.2, 0.25) is 0 Å². The van der Waals surface area contributed by atoms with E-state index >= 15 is 0 Å². The number of hydrogen-bond acceptors (Lipinski definition) is 5. The number of nitrogens with zero attached hydrogens (tertiary/aromatic N) is 2. The molecule has 0 aliphatic carbocycles. The van der Waals surface area contributed by atoms with Crippen LogP contribution in [0.4, 0.5) is 10.8 Å². The average Bonchev–Trinajstić information content (AvgIpc) is 2.85. The highest BCUT2D eigenvalue weighted by Gasteiger charge is 2.12. The fraction of sp³-hybridized carbons (Fsp3) is 0.438. The summed E-state index contributed by atoms with van der Waals surface area (Å²) < 4.78 is 5.19. The summed E-state index contributed by atoms with van der Waals surface area (Å²) in [5.74, 6) is 0.865. The van der Waals surface area contributed by atoms with Crippen molar-refractivity contribution >= 4 is 22.2 Å². The first-order valence-electron chi connectivity index (χ1n) is 7.08. The predicted octanol–water partition coefficient (Wildman–Crippen LogP) is 3.73. The number of nitrogens with one attached hydrogen (secondary N) is 1. The molecule has 0 saturated heterocycles. The Kier molecular flexibility index (Phi) is 5.20. The van der Waals surface area contributed by atoms with Gasteiger partial charge in [0.1, 0.15) is 5.75 Å². The Morgan fingerprint density at radius 2 is 1.95 bits per heavy atom. The van der Waals surface area contributed by atoms with Crippen LogP contribution in [0.2, 0.25) is 0 Å². The predicted molar refractivity (Wildman–Crippen MR) is 89.9 cm³/mol. The molecule has 0 amide bonds. The molecule has 114 valence electrons. The van der Waals surface area contributed by atoms with E-state index in [2.05, 4.69) is 36.0 Å². The first kappa shape index (κ1) is 15.8. The van der Waals surface area contributed by atoms with Crippen LogP contribution < -0.4 is 15.0 Å². The normalized spacial score (nSPS) is 11.0. The van der Waals surface area contributed by atoms with Crippen LogP contribution in [-0.4, -0.2) is 25.2 Å².